The van der Waals surface area contributed by atoms with Crippen LogP contribution in [-0.2, 0) is 18.0 Å². The van der Waals surface area contributed by atoms with Crippen LogP contribution in [0.2, 0.25) is 0 Å². The topological polar surface area (TPSA) is 47.6 Å². The van der Waals surface area contributed by atoms with Gasteiger partial charge in [0.25, 0.3) is 0 Å². The smallest absolute Gasteiger partial charge is 0.196 e. The van der Waals surface area contributed by atoms with Gasteiger partial charge in [0, 0.05) is 12.8 Å². The van der Waals surface area contributed by atoms with Gasteiger partial charge in [0.1, 0.15) is 0 Å². The lowest BCUT2D eigenvalue weighted by Crippen LogP contribution is -2.21. The third-order valence-corrected chi connectivity index (χ3v) is 4.95. The van der Waals surface area contributed by atoms with Crippen LogP contribution in [0.5, 0.6) is 0 Å². The van der Waals surface area contributed by atoms with Crippen LogP contribution in [0, 0.1) is 34.5 Å². The third-order valence-electron chi connectivity index (χ3n) is 4.95. The normalized spacial score (nSPS) is 11.0. The summed E-state index contributed by atoms with van der Waals surface area (Å²) in [6.07, 6.45) is -4.67. The molecule has 5 heteroatoms. The van der Waals surface area contributed by atoms with Crippen LogP contribution in [-0.4, -0.2) is 0 Å². The highest BCUT2D eigenvalue weighted by molar-refractivity contribution is 5.64. The standard InChI is InChI=1S/C26H17F3N2/c27-26(28,29)24-12-5-4-10-22(24)11-6-7-17-25(18-30,19-31)23-15-13-21(14-16-23)20-8-2-1-3-9-20/h1-5,8-10,12-16H,11,17H2. The van der Waals surface area contributed by atoms with Gasteiger partial charge in [-0.25, -0.2) is 0 Å². The second-order valence-corrected chi connectivity index (χ2v) is 6.93. The zero-order chi connectivity index (χ0) is 22.3. The van der Waals surface area contributed by atoms with Gasteiger partial charge in [-0.3, -0.25) is 0 Å². The first-order valence-corrected chi connectivity index (χ1v) is 9.49. The van der Waals surface area contributed by atoms with Crippen LogP contribution in [0.15, 0.2) is 78.9 Å². The maximum atomic E-state index is 13.1. The molecule has 0 aliphatic heterocycles. The molecule has 152 valence electrons. The monoisotopic (exact) mass is 414 g/mol. The Labute approximate surface area is 179 Å². The van der Waals surface area contributed by atoms with Gasteiger partial charge >= 0.3 is 6.18 Å². The Hall–Kier alpha value is -4.01. The molecule has 0 N–H and O–H groups in total. The summed E-state index contributed by atoms with van der Waals surface area (Å²) in [6.45, 7) is 0. The van der Waals surface area contributed by atoms with Crippen molar-refractivity contribution in [1.29, 1.82) is 10.5 Å². The molecule has 3 aromatic rings. The van der Waals surface area contributed by atoms with Gasteiger partial charge in [-0.05, 0) is 28.3 Å². The van der Waals surface area contributed by atoms with Crippen LogP contribution in [0.25, 0.3) is 11.1 Å². The summed E-state index contributed by atoms with van der Waals surface area (Å²) in [5.41, 5.74) is 0.302. The Bertz CT molecular complexity index is 1170. The second kappa shape index (κ2) is 9.21. The van der Waals surface area contributed by atoms with Crippen molar-refractivity contribution < 1.29 is 13.2 Å². The molecule has 0 fully saturated rings. The van der Waals surface area contributed by atoms with Gasteiger partial charge in [0.05, 0.1) is 17.7 Å². The van der Waals surface area contributed by atoms with Gasteiger partial charge < -0.3 is 0 Å². The number of halogens is 3. The highest BCUT2D eigenvalue weighted by Gasteiger charge is 2.33. The molecule has 0 spiro atoms. The molecule has 0 unspecified atom stereocenters. The zero-order valence-electron chi connectivity index (χ0n) is 16.4. The lowest BCUT2D eigenvalue weighted by atomic mass is 9.80. The number of benzene rings is 3. The molecule has 3 rings (SSSR count). The number of rotatable bonds is 4. The Morgan fingerprint density at radius 2 is 1.26 bits per heavy atom. The lowest BCUT2D eigenvalue weighted by Gasteiger charge is -2.16. The van der Waals surface area contributed by atoms with Crippen molar-refractivity contribution in [2.24, 2.45) is 0 Å². The molecule has 0 aliphatic rings. The third kappa shape index (κ3) is 4.95. The van der Waals surface area contributed by atoms with E-state index in [2.05, 4.69) is 11.8 Å². The van der Waals surface area contributed by atoms with Gasteiger partial charge in [-0.2, -0.15) is 23.7 Å². The van der Waals surface area contributed by atoms with Crippen LogP contribution in [0.1, 0.15) is 23.1 Å². The molecule has 0 atom stereocenters. The van der Waals surface area contributed by atoms with E-state index in [4.69, 9.17) is 0 Å². The maximum absolute atomic E-state index is 13.1. The summed E-state index contributed by atoms with van der Waals surface area (Å²) >= 11 is 0. The Balaban J connectivity index is 1.80. The molecule has 31 heavy (non-hydrogen) atoms. The minimum Gasteiger partial charge on any atom is -0.196 e. The molecule has 0 aliphatic carbocycles. The van der Waals surface area contributed by atoms with E-state index >= 15 is 0 Å². The summed E-state index contributed by atoms with van der Waals surface area (Å²) in [6, 6.07) is 26.1. The predicted octanol–water partition coefficient (Wildman–Crippen LogP) is 6.29. The highest BCUT2D eigenvalue weighted by Crippen LogP contribution is 2.32. The molecule has 0 amide bonds. The van der Waals surface area contributed by atoms with Crippen LogP contribution in [0.3, 0.4) is 0 Å². The summed E-state index contributed by atoms with van der Waals surface area (Å²) < 4.78 is 39.3. The minimum absolute atomic E-state index is 0.0641. The number of hydrogen-bond donors (Lipinski definition) is 0. The molecule has 0 heterocycles. The largest absolute Gasteiger partial charge is 0.416 e. The highest BCUT2D eigenvalue weighted by atomic mass is 19.4. The Kier molecular flexibility index (Phi) is 6.44. The number of hydrogen-bond acceptors (Lipinski definition) is 2. The van der Waals surface area contributed by atoms with Gasteiger partial charge in [0.2, 0.25) is 0 Å². The average molecular weight is 414 g/mol. The number of nitriles is 2. The van der Waals surface area contributed by atoms with Crippen molar-refractivity contribution >= 4 is 0 Å². The van der Waals surface area contributed by atoms with Crippen molar-refractivity contribution in [3.8, 4) is 35.1 Å². The van der Waals surface area contributed by atoms with Gasteiger partial charge in [-0.1, -0.05) is 84.6 Å². The van der Waals surface area contributed by atoms with E-state index in [1.807, 2.05) is 54.6 Å². The maximum Gasteiger partial charge on any atom is 0.416 e. The average Bonchev–Trinajstić information content (AvgIpc) is 2.80. The lowest BCUT2D eigenvalue weighted by molar-refractivity contribution is -0.138. The Morgan fingerprint density at radius 3 is 1.87 bits per heavy atom. The van der Waals surface area contributed by atoms with E-state index in [0.29, 0.717) is 5.56 Å². The summed E-state index contributed by atoms with van der Waals surface area (Å²) in [5.74, 6) is 5.43. The first-order chi connectivity index (χ1) is 14.9. The first kappa shape index (κ1) is 21.7. The minimum atomic E-state index is -4.46. The van der Waals surface area contributed by atoms with Crippen molar-refractivity contribution in [3.63, 3.8) is 0 Å². The second-order valence-electron chi connectivity index (χ2n) is 6.93. The quantitative estimate of drug-likeness (QED) is 0.471. The first-order valence-electron chi connectivity index (χ1n) is 9.49. The molecular formula is C26H17F3N2. The van der Waals surface area contributed by atoms with E-state index < -0.39 is 17.2 Å². The summed E-state index contributed by atoms with van der Waals surface area (Å²) in [4.78, 5) is 0. The van der Waals surface area contributed by atoms with Crippen LogP contribution >= 0.6 is 0 Å². The van der Waals surface area contributed by atoms with E-state index in [0.717, 1.165) is 17.2 Å². The van der Waals surface area contributed by atoms with Crippen molar-refractivity contribution in [2.75, 3.05) is 0 Å². The van der Waals surface area contributed by atoms with E-state index in [9.17, 15) is 23.7 Å². The van der Waals surface area contributed by atoms with Crippen molar-refractivity contribution in [1.82, 2.24) is 0 Å². The van der Waals surface area contributed by atoms with E-state index in [-0.39, 0.29) is 18.4 Å². The summed E-state index contributed by atoms with van der Waals surface area (Å²) in [7, 11) is 0. The van der Waals surface area contributed by atoms with E-state index in [1.165, 1.54) is 18.2 Å². The number of nitrogens with zero attached hydrogens (tertiary/aromatic N) is 2. The predicted molar refractivity (Wildman–Crippen MR) is 112 cm³/mol. The molecule has 2 nitrogen and oxygen atoms in total. The molecule has 0 bridgehead atoms. The SMILES string of the molecule is N#CC(C#N)(CC#CCc1ccccc1C(F)(F)F)c1ccc(-c2ccccc2)cc1. The molecule has 0 aromatic heterocycles. The molecule has 0 saturated carbocycles. The Morgan fingerprint density at radius 1 is 0.677 bits per heavy atom. The van der Waals surface area contributed by atoms with Crippen molar-refractivity contribution in [3.05, 3.63) is 95.6 Å². The molecule has 0 radical (unpaired) electrons. The number of alkyl halides is 3. The fourth-order valence-electron chi connectivity index (χ4n) is 3.22. The molecular weight excluding hydrogens is 397 g/mol. The zero-order valence-corrected chi connectivity index (χ0v) is 16.4. The fraction of sp³-hybridized carbons (Fsp3) is 0.154. The van der Waals surface area contributed by atoms with Crippen LogP contribution in [0.4, 0.5) is 13.2 Å². The van der Waals surface area contributed by atoms with Gasteiger partial charge in [-0.15, -0.1) is 0 Å². The molecule has 3 aromatic carbocycles. The van der Waals surface area contributed by atoms with Gasteiger partial charge in [0.15, 0.2) is 5.41 Å². The fourth-order valence-corrected chi connectivity index (χ4v) is 3.22. The summed E-state index contributed by atoms with van der Waals surface area (Å²) in [5, 5.41) is 19.4. The van der Waals surface area contributed by atoms with Crippen molar-refractivity contribution in [2.45, 2.75) is 24.4 Å². The molecule has 0 saturated heterocycles. The van der Waals surface area contributed by atoms with E-state index in [1.54, 1.807) is 12.1 Å². The van der Waals surface area contributed by atoms with Crippen LogP contribution < -0.4 is 0 Å².